The van der Waals surface area contributed by atoms with Crippen LogP contribution in [0, 0.1) is 11.7 Å². The Morgan fingerprint density at radius 1 is 1.07 bits per heavy atom. The normalized spacial score (nSPS) is 20.0. The zero-order valence-corrected chi connectivity index (χ0v) is 15.6. The largest absolute Gasteiger partial charge is 0.353 e. The Balaban J connectivity index is 1.33. The lowest BCUT2D eigenvalue weighted by Crippen LogP contribution is -2.50. The van der Waals surface area contributed by atoms with Crippen molar-refractivity contribution in [2.75, 3.05) is 37.6 Å². The Bertz CT molecular complexity index is 852. The maximum absolute atomic E-state index is 13.9. The van der Waals surface area contributed by atoms with Crippen LogP contribution in [0.5, 0.6) is 0 Å². The maximum atomic E-state index is 13.9. The number of piperazine rings is 1. The number of hydrogen-bond donors (Lipinski definition) is 0. The van der Waals surface area contributed by atoms with Gasteiger partial charge in [-0.25, -0.2) is 9.37 Å². The van der Waals surface area contributed by atoms with Crippen molar-refractivity contribution >= 4 is 17.6 Å². The second kappa shape index (κ2) is 7.96. The van der Waals surface area contributed by atoms with E-state index >= 15 is 0 Å². The molecular formula is C21H23FN4O2. The molecule has 2 amide bonds. The lowest BCUT2D eigenvalue weighted by molar-refractivity contribution is -0.136. The van der Waals surface area contributed by atoms with Gasteiger partial charge in [0.1, 0.15) is 11.6 Å². The number of carbonyl (C=O) groups excluding carboxylic acids is 2. The number of pyridine rings is 1. The van der Waals surface area contributed by atoms with Gasteiger partial charge in [0.25, 0.3) is 0 Å². The molecule has 2 aliphatic rings. The average Bonchev–Trinajstić information content (AvgIpc) is 3.10. The van der Waals surface area contributed by atoms with Crippen LogP contribution in [-0.2, 0) is 16.1 Å². The number of carbonyl (C=O) groups is 2. The molecule has 0 saturated carbocycles. The fraction of sp³-hybridized carbons (Fsp3) is 0.381. The molecule has 6 nitrogen and oxygen atoms in total. The van der Waals surface area contributed by atoms with E-state index in [0.29, 0.717) is 25.2 Å². The van der Waals surface area contributed by atoms with Crippen LogP contribution in [0.4, 0.5) is 10.2 Å². The molecule has 28 heavy (non-hydrogen) atoms. The average molecular weight is 382 g/mol. The van der Waals surface area contributed by atoms with Crippen LogP contribution in [0.3, 0.4) is 0 Å². The molecule has 0 radical (unpaired) electrons. The molecule has 1 aromatic carbocycles. The van der Waals surface area contributed by atoms with Gasteiger partial charge in [0.05, 0.1) is 5.92 Å². The first kappa shape index (κ1) is 18.4. The van der Waals surface area contributed by atoms with E-state index in [1.54, 1.807) is 29.3 Å². The third-order valence-electron chi connectivity index (χ3n) is 5.45. The smallest absolute Gasteiger partial charge is 0.228 e. The van der Waals surface area contributed by atoms with Crippen LogP contribution >= 0.6 is 0 Å². The minimum Gasteiger partial charge on any atom is -0.353 e. The van der Waals surface area contributed by atoms with Gasteiger partial charge in [0, 0.05) is 57.4 Å². The molecule has 1 aromatic heterocycles. The van der Waals surface area contributed by atoms with Crippen molar-refractivity contribution < 1.29 is 14.0 Å². The lowest BCUT2D eigenvalue weighted by Gasteiger charge is -2.36. The van der Waals surface area contributed by atoms with Gasteiger partial charge in [-0.2, -0.15) is 0 Å². The molecular weight excluding hydrogens is 359 g/mol. The highest BCUT2D eigenvalue weighted by atomic mass is 19.1. The zero-order valence-electron chi connectivity index (χ0n) is 15.6. The molecule has 1 unspecified atom stereocenters. The summed E-state index contributed by atoms with van der Waals surface area (Å²) < 4.78 is 13.9. The quantitative estimate of drug-likeness (QED) is 0.811. The van der Waals surface area contributed by atoms with Gasteiger partial charge in [-0.1, -0.05) is 24.3 Å². The summed E-state index contributed by atoms with van der Waals surface area (Å²) >= 11 is 0. The predicted octanol–water partition coefficient (Wildman–Crippen LogP) is 1.92. The summed E-state index contributed by atoms with van der Waals surface area (Å²) in [5.41, 5.74) is 0.480. The number of aromatic nitrogens is 1. The molecule has 0 spiro atoms. The molecule has 7 heteroatoms. The van der Waals surface area contributed by atoms with Crippen LogP contribution in [0.2, 0.25) is 0 Å². The van der Waals surface area contributed by atoms with Gasteiger partial charge in [-0.3, -0.25) is 9.59 Å². The summed E-state index contributed by atoms with van der Waals surface area (Å²) in [6.07, 6.45) is 1.97. The molecule has 0 N–H and O–H groups in total. The summed E-state index contributed by atoms with van der Waals surface area (Å²) in [7, 11) is 0. The van der Waals surface area contributed by atoms with Gasteiger partial charge in [0.15, 0.2) is 0 Å². The summed E-state index contributed by atoms with van der Waals surface area (Å²) in [6, 6.07) is 12.2. The van der Waals surface area contributed by atoms with Crippen molar-refractivity contribution in [1.29, 1.82) is 0 Å². The second-order valence-corrected chi connectivity index (χ2v) is 7.27. The predicted molar refractivity (Wildman–Crippen MR) is 103 cm³/mol. The van der Waals surface area contributed by atoms with E-state index < -0.39 is 0 Å². The molecule has 0 bridgehead atoms. The fourth-order valence-corrected chi connectivity index (χ4v) is 3.88. The van der Waals surface area contributed by atoms with E-state index in [2.05, 4.69) is 9.88 Å². The van der Waals surface area contributed by atoms with E-state index in [1.807, 2.05) is 23.1 Å². The van der Waals surface area contributed by atoms with E-state index in [0.717, 1.165) is 18.9 Å². The monoisotopic (exact) mass is 382 g/mol. The summed E-state index contributed by atoms with van der Waals surface area (Å²) in [4.78, 5) is 35.2. The Hall–Kier alpha value is -2.96. The molecule has 3 heterocycles. The van der Waals surface area contributed by atoms with Crippen molar-refractivity contribution in [2.45, 2.75) is 13.0 Å². The number of amides is 2. The molecule has 2 saturated heterocycles. The Kier molecular flexibility index (Phi) is 5.23. The van der Waals surface area contributed by atoms with E-state index in [4.69, 9.17) is 0 Å². The number of anilines is 1. The highest BCUT2D eigenvalue weighted by molar-refractivity contribution is 5.89. The van der Waals surface area contributed by atoms with Gasteiger partial charge in [0.2, 0.25) is 11.8 Å². The van der Waals surface area contributed by atoms with Crippen molar-refractivity contribution in [3.8, 4) is 0 Å². The van der Waals surface area contributed by atoms with E-state index in [9.17, 15) is 14.0 Å². The topological polar surface area (TPSA) is 56.8 Å². The first-order valence-corrected chi connectivity index (χ1v) is 9.58. The molecule has 0 aliphatic carbocycles. The Morgan fingerprint density at radius 2 is 1.82 bits per heavy atom. The van der Waals surface area contributed by atoms with Crippen molar-refractivity contribution in [1.82, 2.24) is 14.8 Å². The lowest BCUT2D eigenvalue weighted by atomic mass is 10.1. The SMILES string of the molecule is O=C1CC(C(=O)N2CCN(c3ccccn3)CC2)CN1Cc1ccccc1F. The molecule has 2 fully saturated rings. The highest BCUT2D eigenvalue weighted by Gasteiger charge is 2.37. The number of halogens is 1. The van der Waals surface area contributed by atoms with E-state index in [1.165, 1.54) is 6.07 Å². The third kappa shape index (κ3) is 3.83. The standard InChI is InChI=1S/C21H23FN4O2/c22-18-6-2-1-5-16(18)14-26-15-17(13-20(26)27)21(28)25-11-9-24(10-12-25)19-7-3-4-8-23-19/h1-8,17H,9-15H2. The van der Waals surface area contributed by atoms with Crippen molar-refractivity contribution in [3.63, 3.8) is 0 Å². The molecule has 2 aliphatic heterocycles. The number of likely N-dealkylation sites (tertiary alicyclic amines) is 1. The summed E-state index contributed by atoms with van der Waals surface area (Å²) in [5, 5.41) is 0. The van der Waals surface area contributed by atoms with Gasteiger partial charge < -0.3 is 14.7 Å². The van der Waals surface area contributed by atoms with Crippen molar-refractivity contribution in [2.24, 2.45) is 5.92 Å². The van der Waals surface area contributed by atoms with Crippen LogP contribution in [0.25, 0.3) is 0 Å². The number of rotatable bonds is 4. The van der Waals surface area contributed by atoms with Crippen LogP contribution in [0.15, 0.2) is 48.7 Å². The summed E-state index contributed by atoms with van der Waals surface area (Å²) in [5.74, 6) is 0.178. The summed E-state index contributed by atoms with van der Waals surface area (Å²) in [6.45, 7) is 3.25. The Morgan fingerprint density at radius 3 is 2.54 bits per heavy atom. The van der Waals surface area contributed by atoms with Crippen LogP contribution in [0.1, 0.15) is 12.0 Å². The van der Waals surface area contributed by atoms with Gasteiger partial charge in [-0.05, 0) is 18.2 Å². The number of hydrogen-bond acceptors (Lipinski definition) is 4. The van der Waals surface area contributed by atoms with Gasteiger partial charge >= 0.3 is 0 Å². The second-order valence-electron chi connectivity index (χ2n) is 7.27. The first-order valence-electron chi connectivity index (χ1n) is 9.58. The Labute approximate surface area is 163 Å². The first-order chi connectivity index (χ1) is 13.6. The highest BCUT2D eigenvalue weighted by Crippen LogP contribution is 2.24. The van der Waals surface area contributed by atoms with E-state index in [-0.39, 0.29) is 36.5 Å². The molecule has 4 rings (SSSR count). The zero-order chi connectivity index (χ0) is 19.5. The molecule has 1 atom stereocenters. The molecule has 146 valence electrons. The third-order valence-corrected chi connectivity index (χ3v) is 5.45. The molecule has 2 aromatic rings. The van der Waals surface area contributed by atoms with Crippen LogP contribution < -0.4 is 4.90 Å². The minimum atomic E-state index is -0.347. The number of benzene rings is 1. The van der Waals surface area contributed by atoms with Crippen molar-refractivity contribution in [3.05, 3.63) is 60.0 Å². The maximum Gasteiger partial charge on any atom is 0.228 e. The number of nitrogens with zero attached hydrogens (tertiary/aromatic N) is 4. The minimum absolute atomic E-state index is 0.0186. The fourth-order valence-electron chi connectivity index (χ4n) is 3.88. The van der Waals surface area contributed by atoms with Crippen LogP contribution in [-0.4, -0.2) is 59.3 Å². The van der Waals surface area contributed by atoms with Gasteiger partial charge in [-0.15, -0.1) is 0 Å².